The number of aryl methyl sites for hydroxylation is 1. The minimum atomic E-state index is -1.07. The molecule has 0 aliphatic carbocycles. The van der Waals surface area contributed by atoms with Crippen LogP contribution in [0.5, 0.6) is 0 Å². The molecule has 4 heterocycles. The Hall–Kier alpha value is -3.31. The van der Waals surface area contributed by atoms with Crippen molar-refractivity contribution in [3.8, 4) is 0 Å². The summed E-state index contributed by atoms with van der Waals surface area (Å²) < 4.78 is 23.9. The SMILES string of the molecule is CC.Cn1c2c(c3cnn(Cc4nn(C(=O)OC(C)(C)C)c5ccccc45)c(=O)c31)CCN(S(C)=O)C2. The monoisotopic (exact) mass is 526 g/mol. The molecule has 1 atom stereocenters. The van der Waals surface area contributed by atoms with Gasteiger partial charge in [0.15, 0.2) is 0 Å². The molecule has 0 fully saturated rings. The molecule has 1 aliphatic rings. The third-order valence-electron chi connectivity index (χ3n) is 6.26. The minimum Gasteiger partial charge on any atom is -0.442 e. The highest BCUT2D eigenvalue weighted by Crippen LogP contribution is 2.28. The highest BCUT2D eigenvalue weighted by Gasteiger charge is 2.27. The lowest BCUT2D eigenvalue weighted by Gasteiger charge is -2.25. The second kappa shape index (κ2) is 10.2. The average Bonchev–Trinajstić information content (AvgIpc) is 3.37. The molecule has 0 spiro atoms. The fraction of sp³-hybridized carbons (Fsp3) is 0.462. The van der Waals surface area contributed by atoms with Crippen LogP contribution in [0.25, 0.3) is 21.8 Å². The molecule has 10 nitrogen and oxygen atoms in total. The van der Waals surface area contributed by atoms with E-state index in [0.717, 1.165) is 22.0 Å². The first-order valence-electron chi connectivity index (χ1n) is 12.4. The number of nitrogens with zero attached hydrogens (tertiary/aromatic N) is 6. The minimum absolute atomic E-state index is 0.103. The second-order valence-electron chi connectivity index (χ2n) is 9.75. The van der Waals surface area contributed by atoms with Crippen molar-refractivity contribution in [3.63, 3.8) is 0 Å². The van der Waals surface area contributed by atoms with E-state index in [9.17, 15) is 13.8 Å². The van der Waals surface area contributed by atoms with Crippen molar-refractivity contribution >= 4 is 38.9 Å². The third kappa shape index (κ3) is 4.97. The molecule has 0 saturated carbocycles. The van der Waals surface area contributed by atoms with E-state index in [-0.39, 0.29) is 12.1 Å². The van der Waals surface area contributed by atoms with E-state index in [2.05, 4.69) is 10.2 Å². The molecule has 0 amide bonds. The van der Waals surface area contributed by atoms with Gasteiger partial charge in [0.2, 0.25) is 0 Å². The van der Waals surface area contributed by atoms with E-state index in [1.165, 1.54) is 9.36 Å². The molecule has 11 heteroatoms. The van der Waals surface area contributed by atoms with Gasteiger partial charge in [-0.05, 0) is 38.8 Å². The van der Waals surface area contributed by atoms with Gasteiger partial charge < -0.3 is 9.30 Å². The van der Waals surface area contributed by atoms with Gasteiger partial charge in [0.05, 0.1) is 41.5 Å². The smallest absolute Gasteiger partial charge is 0.435 e. The van der Waals surface area contributed by atoms with E-state index in [0.29, 0.717) is 36.2 Å². The fourth-order valence-corrected chi connectivity index (χ4v) is 5.30. The number of fused-ring (bicyclic) bond motifs is 4. The topological polar surface area (TPSA) is 104 Å². The summed E-state index contributed by atoms with van der Waals surface area (Å²) in [5.74, 6) is 0. The van der Waals surface area contributed by atoms with Crippen molar-refractivity contribution in [3.05, 3.63) is 57.8 Å². The Balaban J connectivity index is 0.00000156. The summed E-state index contributed by atoms with van der Waals surface area (Å²) in [6.45, 7) is 10.7. The summed E-state index contributed by atoms with van der Waals surface area (Å²) >= 11 is 0. The standard InChI is InChI=1S/C24H28N6O4S.C2H6/c1-24(2,3)34-23(32)30-19-9-7-6-8-16(19)18(26-30)13-29-22(31)21-17(12-25-29)15-10-11-28(35(5)33)14-20(15)27(21)4;1-2/h6-9,12H,10-11,13-14H2,1-5H3;1-2H3. The molecular weight excluding hydrogens is 492 g/mol. The van der Waals surface area contributed by atoms with Gasteiger partial charge in [0.1, 0.15) is 11.1 Å². The van der Waals surface area contributed by atoms with Crippen LogP contribution in [0.4, 0.5) is 4.79 Å². The van der Waals surface area contributed by atoms with Gasteiger partial charge in [-0.25, -0.2) is 18.0 Å². The first-order valence-corrected chi connectivity index (χ1v) is 13.9. The molecule has 0 bridgehead atoms. The molecule has 37 heavy (non-hydrogen) atoms. The van der Waals surface area contributed by atoms with Crippen LogP contribution in [0.3, 0.4) is 0 Å². The maximum Gasteiger partial charge on any atom is 0.435 e. The Labute approximate surface area is 218 Å². The van der Waals surface area contributed by atoms with E-state index >= 15 is 0 Å². The third-order valence-corrected chi connectivity index (χ3v) is 7.30. The van der Waals surface area contributed by atoms with Crippen molar-refractivity contribution in [1.29, 1.82) is 0 Å². The summed E-state index contributed by atoms with van der Waals surface area (Å²) in [6, 6.07) is 7.35. The zero-order chi connectivity index (χ0) is 27.1. The van der Waals surface area contributed by atoms with Crippen molar-refractivity contribution in [1.82, 2.24) is 28.4 Å². The Morgan fingerprint density at radius 1 is 1.16 bits per heavy atom. The van der Waals surface area contributed by atoms with E-state index < -0.39 is 22.7 Å². The van der Waals surface area contributed by atoms with E-state index in [1.807, 2.05) is 48.0 Å². The van der Waals surface area contributed by atoms with Crippen LogP contribution in [-0.4, -0.2) is 57.1 Å². The number of hydrogen-bond acceptors (Lipinski definition) is 6. The molecule has 3 aromatic heterocycles. The van der Waals surface area contributed by atoms with Crippen molar-refractivity contribution in [2.24, 2.45) is 7.05 Å². The molecule has 1 unspecified atom stereocenters. The van der Waals surface area contributed by atoms with Crippen LogP contribution in [0, 0.1) is 0 Å². The quantitative estimate of drug-likeness (QED) is 0.404. The lowest BCUT2D eigenvalue weighted by Crippen LogP contribution is -2.32. The van der Waals surface area contributed by atoms with Crippen molar-refractivity contribution in [2.75, 3.05) is 12.8 Å². The molecule has 1 aromatic carbocycles. The second-order valence-corrected chi connectivity index (χ2v) is 11.1. The summed E-state index contributed by atoms with van der Waals surface area (Å²) in [5, 5.41) is 10.5. The Morgan fingerprint density at radius 3 is 2.54 bits per heavy atom. The predicted molar refractivity (Wildman–Crippen MR) is 145 cm³/mol. The molecule has 1 aliphatic heterocycles. The zero-order valence-corrected chi connectivity index (χ0v) is 23.3. The van der Waals surface area contributed by atoms with Gasteiger partial charge >= 0.3 is 6.09 Å². The van der Waals surface area contributed by atoms with Gasteiger partial charge in [0.25, 0.3) is 5.56 Å². The van der Waals surface area contributed by atoms with Crippen LogP contribution in [-0.2, 0) is 42.3 Å². The van der Waals surface area contributed by atoms with Crippen molar-refractivity contribution < 1.29 is 13.7 Å². The maximum absolute atomic E-state index is 13.5. The van der Waals surface area contributed by atoms with Gasteiger partial charge in [-0.15, -0.1) is 0 Å². The Morgan fingerprint density at radius 2 is 1.86 bits per heavy atom. The number of aromatic nitrogens is 5. The fourth-order valence-electron chi connectivity index (χ4n) is 4.65. The van der Waals surface area contributed by atoms with Crippen LogP contribution in [0.2, 0.25) is 0 Å². The summed E-state index contributed by atoms with van der Waals surface area (Å²) in [5.41, 5.74) is 2.88. The van der Waals surface area contributed by atoms with Crippen LogP contribution in [0.1, 0.15) is 51.6 Å². The number of benzene rings is 1. The summed E-state index contributed by atoms with van der Waals surface area (Å²) in [4.78, 5) is 26.3. The van der Waals surface area contributed by atoms with E-state index in [4.69, 9.17) is 4.74 Å². The normalized spacial score (nSPS) is 14.8. The maximum atomic E-state index is 13.5. The molecule has 0 radical (unpaired) electrons. The average molecular weight is 527 g/mol. The number of ether oxygens (including phenoxy) is 1. The predicted octanol–water partition coefficient (Wildman–Crippen LogP) is 3.59. The lowest BCUT2D eigenvalue weighted by molar-refractivity contribution is 0.0522. The van der Waals surface area contributed by atoms with Gasteiger partial charge in [-0.2, -0.15) is 14.9 Å². The molecule has 0 saturated heterocycles. The number of rotatable bonds is 3. The van der Waals surface area contributed by atoms with Crippen molar-refractivity contribution in [2.45, 2.75) is 59.7 Å². The molecular formula is C26H34N6O4S. The highest BCUT2D eigenvalue weighted by atomic mass is 32.2. The van der Waals surface area contributed by atoms with Crippen LogP contribution >= 0.6 is 0 Å². The van der Waals surface area contributed by atoms with Crippen LogP contribution in [0.15, 0.2) is 35.3 Å². The van der Waals surface area contributed by atoms with Gasteiger partial charge in [-0.3, -0.25) is 4.79 Å². The summed E-state index contributed by atoms with van der Waals surface area (Å²) in [7, 11) is 0.788. The Bertz CT molecular complexity index is 1560. The molecule has 0 N–H and O–H groups in total. The molecule has 198 valence electrons. The summed E-state index contributed by atoms with van der Waals surface area (Å²) in [6.07, 6.45) is 3.52. The first-order chi connectivity index (χ1) is 17.5. The van der Waals surface area contributed by atoms with Gasteiger partial charge in [0, 0.05) is 36.3 Å². The highest BCUT2D eigenvalue weighted by molar-refractivity contribution is 7.81. The number of carbonyl (C=O) groups is 1. The molecule has 5 rings (SSSR count). The zero-order valence-electron chi connectivity index (χ0n) is 22.4. The number of hydrogen-bond donors (Lipinski definition) is 0. The molecule has 4 aromatic rings. The van der Waals surface area contributed by atoms with Gasteiger partial charge in [-0.1, -0.05) is 32.0 Å². The van der Waals surface area contributed by atoms with E-state index in [1.54, 1.807) is 39.3 Å². The Kier molecular flexibility index (Phi) is 7.38. The lowest BCUT2D eigenvalue weighted by atomic mass is 10.1. The van der Waals surface area contributed by atoms with Crippen LogP contribution < -0.4 is 5.56 Å². The number of carbonyl (C=O) groups excluding carboxylic acids is 1. The number of para-hydroxylation sites is 1. The largest absolute Gasteiger partial charge is 0.442 e. The first kappa shape index (κ1) is 26.7.